The quantitative estimate of drug-likeness (QED) is 0.561. The molecule has 0 aliphatic carbocycles. The van der Waals surface area contributed by atoms with Crippen LogP contribution in [0.4, 0.5) is 0 Å². The molecule has 0 atom stereocenters. The molecule has 2 heterocycles. The number of hydrogen-bond acceptors (Lipinski definition) is 4. The van der Waals surface area contributed by atoms with E-state index < -0.39 is 0 Å². The Hall–Kier alpha value is -1.78. The second-order valence-electron chi connectivity index (χ2n) is 1.87. The highest BCUT2D eigenvalue weighted by Gasteiger charge is 1.94. The van der Waals surface area contributed by atoms with Crippen molar-refractivity contribution in [1.29, 1.82) is 0 Å². The molecular formula is C6H4N5. The van der Waals surface area contributed by atoms with Crippen molar-refractivity contribution in [2.75, 3.05) is 0 Å². The van der Waals surface area contributed by atoms with E-state index in [-0.39, 0.29) is 0 Å². The average Bonchev–Trinajstić information content (AvgIpc) is 2.58. The molecule has 0 amide bonds. The maximum atomic E-state index is 4.01. The number of aromatic nitrogens is 5. The summed E-state index contributed by atoms with van der Waals surface area (Å²) in [6.45, 7) is 0. The summed E-state index contributed by atoms with van der Waals surface area (Å²) in [7, 11) is 0. The second-order valence-corrected chi connectivity index (χ2v) is 1.87. The predicted octanol–water partition coefficient (Wildman–Crippen LogP) is -0.143. The van der Waals surface area contributed by atoms with Crippen molar-refractivity contribution >= 4 is 0 Å². The van der Waals surface area contributed by atoms with Gasteiger partial charge in [-0.05, 0) is 28.6 Å². The Morgan fingerprint density at radius 1 is 1.45 bits per heavy atom. The molecule has 0 bridgehead atoms. The molecule has 0 unspecified atom stereocenters. The molecule has 5 heteroatoms. The zero-order chi connectivity index (χ0) is 7.52. The molecule has 0 fully saturated rings. The van der Waals surface area contributed by atoms with E-state index in [9.17, 15) is 0 Å². The number of hydrogen-bond donors (Lipinski definition) is 0. The summed E-state index contributed by atoms with van der Waals surface area (Å²) in [5, 5.41) is 10.6. The van der Waals surface area contributed by atoms with E-state index in [1.165, 1.54) is 11.0 Å². The van der Waals surface area contributed by atoms with Crippen LogP contribution in [0.25, 0.3) is 5.82 Å². The highest BCUT2D eigenvalue weighted by molar-refractivity contribution is 5.16. The number of rotatable bonds is 1. The highest BCUT2D eigenvalue weighted by atomic mass is 15.5. The minimum absolute atomic E-state index is 0.664. The zero-order valence-electron chi connectivity index (χ0n) is 5.55. The summed E-state index contributed by atoms with van der Waals surface area (Å²) in [4.78, 5) is 4.01. The first-order valence-corrected chi connectivity index (χ1v) is 3.02. The predicted molar refractivity (Wildman–Crippen MR) is 35.8 cm³/mol. The lowest BCUT2D eigenvalue weighted by molar-refractivity contribution is 0.771. The fourth-order valence-electron chi connectivity index (χ4n) is 0.708. The Bertz CT molecular complexity index is 314. The smallest absolute Gasteiger partial charge is 0.157 e. The lowest BCUT2D eigenvalue weighted by atomic mass is 10.5. The Labute approximate surface area is 62.7 Å². The van der Waals surface area contributed by atoms with Crippen LogP contribution in [0.2, 0.25) is 0 Å². The maximum Gasteiger partial charge on any atom is 0.157 e. The fourth-order valence-corrected chi connectivity index (χ4v) is 0.708. The number of tetrazole rings is 1. The summed E-state index contributed by atoms with van der Waals surface area (Å²) in [5.74, 6) is 0.664. The molecule has 0 aliphatic heterocycles. The van der Waals surface area contributed by atoms with E-state index in [1.807, 2.05) is 0 Å². The first-order valence-electron chi connectivity index (χ1n) is 3.02. The standard InChI is InChI=1S/C6H4N5/c1-2-4-7-6(3-1)11-5-8-9-10-11/h2-5H. The lowest BCUT2D eigenvalue weighted by Gasteiger charge is -1.93. The minimum atomic E-state index is 0.664. The van der Waals surface area contributed by atoms with Gasteiger partial charge in [0.15, 0.2) is 5.82 Å². The monoisotopic (exact) mass is 146 g/mol. The molecule has 0 saturated carbocycles. The fraction of sp³-hybridized carbons (Fsp3) is 0. The molecule has 11 heavy (non-hydrogen) atoms. The number of nitrogens with zero attached hydrogens (tertiary/aromatic N) is 5. The lowest BCUT2D eigenvalue weighted by Crippen LogP contribution is -1.96. The topological polar surface area (TPSA) is 56.5 Å². The largest absolute Gasteiger partial charge is 0.237 e. The van der Waals surface area contributed by atoms with E-state index in [0.717, 1.165) is 0 Å². The van der Waals surface area contributed by atoms with Gasteiger partial charge in [0.05, 0.1) is 0 Å². The van der Waals surface area contributed by atoms with Crippen molar-refractivity contribution in [3.63, 3.8) is 0 Å². The molecule has 0 saturated heterocycles. The van der Waals surface area contributed by atoms with E-state index in [0.29, 0.717) is 5.82 Å². The molecule has 53 valence electrons. The third kappa shape index (κ3) is 1.07. The van der Waals surface area contributed by atoms with Crippen LogP contribution in [0.1, 0.15) is 0 Å². The van der Waals surface area contributed by atoms with Gasteiger partial charge in [0.1, 0.15) is 6.33 Å². The molecular weight excluding hydrogens is 142 g/mol. The molecule has 2 aromatic heterocycles. The Morgan fingerprint density at radius 2 is 2.45 bits per heavy atom. The van der Waals surface area contributed by atoms with Crippen molar-refractivity contribution in [2.24, 2.45) is 0 Å². The van der Waals surface area contributed by atoms with Crippen molar-refractivity contribution < 1.29 is 0 Å². The first-order chi connectivity index (χ1) is 5.47. The normalized spacial score (nSPS) is 9.82. The van der Waals surface area contributed by atoms with Gasteiger partial charge in [0, 0.05) is 6.20 Å². The molecule has 0 N–H and O–H groups in total. The summed E-state index contributed by atoms with van der Waals surface area (Å²) >= 11 is 0. The van der Waals surface area contributed by atoms with Gasteiger partial charge in [-0.25, -0.2) is 4.98 Å². The van der Waals surface area contributed by atoms with E-state index in [4.69, 9.17) is 0 Å². The third-order valence-corrected chi connectivity index (χ3v) is 1.17. The van der Waals surface area contributed by atoms with Gasteiger partial charge >= 0.3 is 0 Å². The zero-order valence-corrected chi connectivity index (χ0v) is 5.55. The molecule has 1 radical (unpaired) electrons. The van der Waals surface area contributed by atoms with Gasteiger partial charge in [-0.15, -0.1) is 5.10 Å². The summed E-state index contributed by atoms with van der Waals surface area (Å²) in [6, 6.07) is 6.29. The summed E-state index contributed by atoms with van der Waals surface area (Å²) in [6.07, 6.45) is 3.12. The maximum absolute atomic E-state index is 4.01. The van der Waals surface area contributed by atoms with Crippen molar-refractivity contribution in [3.8, 4) is 5.82 Å². The second kappa shape index (κ2) is 2.45. The van der Waals surface area contributed by atoms with Gasteiger partial charge in [0.25, 0.3) is 0 Å². The van der Waals surface area contributed by atoms with Crippen LogP contribution < -0.4 is 0 Å². The van der Waals surface area contributed by atoms with Crippen LogP contribution in [0.3, 0.4) is 0 Å². The average molecular weight is 146 g/mol. The van der Waals surface area contributed by atoms with Crippen LogP contribution in [0.15, 0.2) is 24.7 Å². The molecule has 0 aliphatic rings. The van der Waals surface area contributed by atoms with Crippen LogP contribution in [-0.2, 0) is 0 Å². The Balaban J connectivity index is 2.46. The molecule has 2 aromatic rings. The van der Waals surface area contributed by atoms with Gasteiger partial charge in [-0.3, -0.25) is 0 Å². The molecule has 5 nitrogen and oxygen atoms in total. The van der Waals surface area contributed by atoms with Gasteiger partial charge in [0.2, 0.25) is 0 Å². The Morgan fingerprint density at radius 3 is 3.09 bits per heavy atom. The van der Waals surface area contributed by atoms with E-state index >= 15 is 0 Å². The van der Waals surface area contributed by atoms with Gasteiger partial charge in [-0.1, -0.05) is 0 Å². The van der Waals surface area contributed by atoms with Crippen molar-refractivity contribution in [3.05, 3.63) is 30.7 Å². The first kappa shape index (κ1) is 5.96. The summed E-state index contributed by atoms with van der Waals surface area (Å²) in [5.41, 5.74) is 0. The third-order valence-electron chi connectivity index (χ3n) is 1.17. The van der Waals surface area contributed by atoms with Gasteiger partial charge < -0.3 is 0 Å². The number of pyridine rings is 1. The van der Waals surface area contributed by atoms with Crippen LogP contribution in [0, 0.1) is 6.07 Å². The summed E-state index contributed by atoms with van der Waals surface area (Å²) < 4.78 is 1.47. The molecule has 2 rings (SSSR count). The molecule has 0 aromatic carbocycles. The van der Waals surface area contributed by atoms with Crippen LogP contribution in [-0.4, -0.2) is 25.2 Å². The van der Waals surface area contributed by atoms with Crippen molar-refractivity contribution in [1.82, 2.24) is 25.2 Å². The van der Waals surface area contributed by atoms with E-state index in [2.05, 4.69) is 26.6 Å². The minimum Gasteiger partial charge on any atom is -0.237 e. The molecule has 0 spiro atoms. The van der Waals surface area contributed by atoms with Crippen molar-refractivity contribution in [2.45, 2.75) is 0 Å². The highest BCUT2D eigenvalue weighted by Crippen LogP contribution is 1.95. The SMILES string of the molecule is [c]1ccnc(-n2cnnn2)c1. The van der Waals surface area contributed by atoms with Crippen LogP contribution in [0.5, 0.6) is 0 Å². The van der Waals surface area contributed by atoms with Gasteiger partial charge in [-0.2, -0.15) is 4.68 Å². The van der Waals surface area contributed by atoms with Crippen LogP contribution >= 0.6 is 0 Å². The Kier molecular flexibility index (Phi) is 1.33. The van der Waals surface area contributed by atoms with E-state index in [1.54, 1.807) is 18.3 Å².